The molecule has 0 spiro atoms. The maximum absolute atomic E-state index is 13.5. The molecule has 1 aliphatic heterocycles. The minimum absolute atomic E-state index is 0.161. The third-order valence-electron chi connectivity index (χ3n) is 3.59. The molecule has 112 valence electrons. The monoisotopic (exact) mass is 297 g/mol. The second kappa shape index (κ2) is 8.01. The number of benzene rings is 1. The summed E-state index contributed by atoms with van der Waals surface area (Å²) < 4.78 is 19.2. The van der Waals surface area contributed by atoms with E-state index in [-0.39, 0.29) is 11.9 Å². The van der Waals surface area contributed by atoms with Crippen molar-refractivity contribution in [3.8, 4) is 0 Å². The average molecular weight is 297 g/mol. The van der Waals surface area contributed by atoms with E-state index in [0.29, 0.717) is 6.10 Å². The van der Waals surface area contributed by atoms with Gasteiger partial charge in [-0.05, 0) is 56.5 Å². The van der Waals surface area contributed by atoms with Crippen LogP contribution in [-0.2, 0) is 4.74 Å². The second-order valence-corrected chi connectivity index (χ2v) is 6.37. The minimum atomic E-state index is -0.161. The normalized spacial score (nSPS) is 20.2. The van der Waals surface area contributed by atoms with Crippen LogP contribution >= 0.6 is 11.8 Å². The smallest absolute Gasteiger partial charge is 0.123 e. The van der Waals surface area contributed by atoms with E-state index in [9.17, 15) is 4.39 Å². The minimum Gasteiger partial charge on any atom is -0.377 e. The Labute approximate surface area is 125 Å². The molecule has 1 N–H and O–H groups in total. The van der Waals surface area contributed by atoms with Crippen LogP contribution in [0.25, 0.3) is 0 Å². The molecule has 4 heteroatoms. The lowest BCUT2D eigenvalue weighted by Gasteiger charge is -2.18. The van der Waals surface area contributed by atoms with Gasteiger partial charge in [0.25, 0.3) is 0 Å². The number of thioether (sulfide) groups is 1. The lowest BCUT2D eigenvalue weighted by atomic mass is 10.1. The Kier molecular flexibility index (Phi) is 6.33. The Hall–Kier alpha value is -0.580. The number of hydrogen-bond donors (Lipinski definition) is 1. The molecule has 0 amide bonds. The molecule has 0 aromatic heterocycles. The topological polar surface area (TPSA) is 21.3 Å². The summed E-state index contributed by atoms with van der Waals surface area (Å²) in [5.74, 6) is 0.797. The van der Waals surface area contributed by atoms with Crippen molar-refractivity contribution in [2.45, 2.75) is 50.2 Å². The molecule has 0 radical (unpaired) electrons. The van der Waals surface area contributed by atoms with Gasteiger partial charge in [0.15, 0.2) is 0 Å². The predicted octanol–water partition coefficient (Wildman–Crippen LogP) is 4.16. The Morgan fingerprint density at radius 2 is 2.35 bits per heavy atom. The molecule has 2 nitrogen and oxygen atoms in total. The molecular formula is C16H24FNOS. The van der Waals surface area contributed by atoms with Crippen molar-refractivity contribution in [1.29, 1.82) is 0 Å². The largest absolute Gasteiger partial charge is 0.377 e. The fourth-order valence-corrected chi connectivity index (χ4v) is 3.61. The summed E-state index contributed by atoms with van der Waals surface area (Å²) in [4.78, 5) is 1.16. The number of ether oxygens (including phenoxy) is 1. The van der Waals surface area contributed by atoms with Crippen molar-refractivity contribution in [3.05, 3.63) is 29.6 Å². The van der Waals surface area contributed by atoms with Gasteiger partial charge in [-0.15, -0.1) is 11.8 Å². The third-order valence-corrected chi connectivity index (χ3v) is 4.81. The Morgan fingerprint density at radius 1 is 1.50 bits per heavy atom. The molecule has 1 aromatic rings. The van der Waals surface area contributed by atoms with E-state index in [1.54, 1.807) is 23.9 Å². The van der Waals surface area contributed by atoms with E-state index in [4.69, 9.17) is 4.74 Å². The maximum Gasteiger partial charge on any atom is 0.123 e. The van der Waals surface area contributed by atoms with Crippen LogP contribution in [0.15, 0.2) is 23.1 Å². The first kappa shape index (κ1) is 15.8. The first-order valence-electron chi connectivity index (χ1n) is 7.48. The summed E-state index contributed by atoms with van der Waals surface area (Å²) in [6.07, 6.45) is 3.75. The van der Waals surface area contributed by atoms with Gasteiger partial charge in [0, 0.05) is 23.3 Å². The van der Waals surface area contributed by atoms with Crippen molar-refractivity contribution in [3.63, 3.8) is 0 Å². The van der Waals surface area contributed by atoms with Crippen LogP contribution in [0.1, 0.15) is 44.7 Å². The van der Waals surface area contributed by atoms with Crippen molar-refractivity contribution in [1.82, 2.24) is 5.32 Å². The Balaban J connectivity index is 2.02. The van der Waals surface area contributed by atoms with Crippen LogP contribution in [0.2, 0.25) is 0 Å². The van der Waals surface area contributed by atoms with Crippen molar-refractivity contribution in [2.75, 3.05) is 18.9 Å². The first-order chi connectivity index (χ1) is 9.70. The maximum atomic E-state index is 13.5. The average Bonchev–Trinajstić information content (AvgIpc) is 2.96. The summed E-state index contributed by atoms with van der Waals surface area (Å²) >= 11 is 1.78. The van der Waals surface area contributed by atoms with Crippen molar-refractivity contribution >= 4 is 11.8 Å². The molecule has 0 bridgehead atoms. The van der Waals surface area contributed by atoms with Gasteiger partial charge >= 0.3 is 0 Å². The highest BCUT2D eigenvalue weighted by atomic mass is 32.2. The molecule has 2 rings (SSSR count). The fraction of sp³-hybridized carbons (Fsp3) is 0.625. The van der Waals surface area contributed by atoms with E-state index >= 15 is 0 Å². The highest BCUT2D eigenvalue weighted by Crippen LogP contribution is 2.30. The van der Waals surface area contributed by atoms with Crippen molar-refractivity contribution < 1.29 is 9.13 Å². The molecule has 1 heterocycles. The molecule has 2 unspecified atom stereocenters. The van der Waals surface area contributed by atoms with Gasteiger partial charge in [0.2, 0.25) is 0 Å². The van der Waals surface area contributed by atoms with Gasteiger partial charge in [-0.25, -0.2) is 4.39 Å². The van der Waals surface area contributed by atoms with Crippen LogP contribution in [0, 0.1) is 5.82 Å². The molecule has 2 atom stereocenters. The number of nitrogens with one attached hydrogen (secondary N) is 1. The summed E-state index contributed by atoms with van der Waals surface area (Å²) in [6, 6.07) is 5.28. The molecule has 20 heavy (non-hydrogen) atoms. The van der Waals surface area contributed by atoms with Crippen LogP contribution in [0.4, 0.5) is 4.39 Å². The Morgan fingerprint density at radius 3 is 3.05 bits per heavy atom. The van der Waals surface area contributed by atoms with Gasteiger partial charge in [-0.3, -0.25) is 0 Å². The van der Waals surface area contributed by atoms with Crippen LogP contribution in [0.3, 0.4) is 0 Å². The molecule has 0 saturated carbocycles. The van der Waals surface area contributed by atoms with Crippen LogP contribution < -0.4 is 5.32 Å². The summed E-state index contributed by atoms with van der Waals surface area (Å²) in [7, 11) is 0. The summed E-state index contributed by atoms with van der Waals surface area (Å²) in [6.45, 7) is 6.07. The molecular weight excluding hydrogens is 273 g/mol. The van der Waals surface area contributed by atoms with Gasteiger partial charge in [-0.1, -0.05) is 6.92 Å². The van der Waals surface area contributed by atoms with E-state index in [1.807, 2.05) is 6.07 Å². The molecule has 1 aromatic carbocycles. The quantitative estimate of drug-likeness (QED) is 0.764. The highest BCUT2D eigenvalue weighted by Gasteiger charge is 2.18. The van der Waals surface area contributed by atoms with E-state index in [1.165, 1.54) is 0 Å². The predicted molar refractivity (Wildman–Crippen MR) is 82.8 cm³/mol. The lowest BCUT2D eigenvalue weighted by molar-refractivity contribution is 0.129. The van der Waals surface area contributed by atoms with Gasteiger partial charge in [-0.2, -0.15) is 0 Å². The fourth-order valence-electron chi connectivity index (χ4n) is 2.42. The second-order valence-electron chi connectivity index (χ2n) is 5.30. The zero-order valence-electron chi connectivity index (χ0n) is 12.3. The summed E-state index contributed by atoms with van der Waals surface area (Å²) in [5.41, 5.74) is 1.06. The SMILES string of the molecule is CCCNC(C)c1cc(F)ccc1SCC1CCCO1. The van der Waals surface area contributed by atoms with Gasteiger partial charge in [0.1, 0.15) is 5.82 Å². The molecule has 1 aliphatic rings. The van der Waals surface area contributed by atoms with Crippen molar-refractivity contribution in [2.24, 2.45) is 0 Å². The third kappa shape index (κ3) is 4.47. The highest BCUT2D eigenvalue weighted by molar-refractivity contribution is 7.99. The van der Waals surface area contributed by atoms with E-state index in [2.05, 4.69) is 19.2 Å². The zero-order valence-corrected chi connectivity index (χ0v) is 13.1. The molecule has 1 saturated heterocycles. The van der Waals surface area contributed by atoms with E-state index in [0.717, 1.165) is 48.6 Å². The molecule has 0 aliphatic carbocycles. The standard InChI is InChI=1S/C16H24FNOS/c1-3-8-18-12(2)15-10-13(17)6-7-16(15)20-11-14-5-4-9-19-14/h6-7,10,12,14,18H,3-5,8-9,11H2,1-2H3. The zero-order chi connectivity index (χ0) is 14.4. The molecule has 1 fully saturated rings. The number of hydrogen-bond acceptors (Lipinski definition) is 3. The van der Waals surface area contributed by atoms with Crippen LogP contribution in [-0.4, -0.2) is 25.0 Å². The number of rotatable bonds is 7. The van der Waals surface area contributed by atoms with Gasteiger partial charge in [0.05, 0.1) is 6.10 Å². The van der Waals surface area contributed by atoms with Gasteiger partial charge < -0.3 is 10.1 Å². The lowest BCUT2D eigenvalue weighted by Crippen LogP contribution is -2.20. The van der Waals surface area contributed by atoms with Crippen LogP contribution in [0.5, 0.6) is 0 Å². The summed E-state index contributed by atoms with van der Waals surface area (Å²) in [5, 5.41) is 3.43. The number of halogens is 1. The van der Waals surface area contributed by atoms with E-state index < -0.39 is 0 Å². The Bertz CT molecular complexity index is 421. The first-order valence-corrected chi connectivity index (χ1v) is 8.46.